The van der Waals surface area contributed by atoms with Crippen molar-refractivity contribution in [2.75, 3.05) is 27.2 Å². The van der Waals surface area contributed by atoms with Crippen LogP contribution in [0.15, 0.2) is 36.4 Å². The highest BCUT2D eigenvalue weighted by atomic mass is 19.1. The summed E-state index contributed by atoms with van der Waals surface area (Å²) in [6, 6.07) is 4.79. The summed E-state index contributed by atoms with van der Waals surface area (Å²) >= 11 is 0. The highest BCUT2D eigenvalue weighted by molar-refractivity contribution is 5.97. The van der Waals surface area contributed by atoms with E-state index in [1.54, 1.807) is 91.4 Å². The number of likely N-dealkylation sites (N-methyl/N-ethyl adjacent to an activating group) is 2. The summed E-state index contributed by atoms with van der Waals surface area (Å²) in [6.45, 7) is 14.1. The zero-order valence-corrected chi connectivity index (χ0v) is 40.8. The molecule has 0 bridgehead atoms. The van der Waals surface area contributed by atoms with E-state index in [0.717, 1.165) is 0 Å². The topological polar surface area (TPSA) is 207 Å². The van der Waals surface area contributed by atoms with Gasteiger partial charge in [-0.3, -0.25) is 28.8 Å². The number of halogens is 2. The molecule has 68 heavy (non-hydrogen) atoms. The first kappa shape index (κ1) is 51.5. The molecule has 2 aromatic heterocycles. The fraction of sp³-hybridized carbons (Fsp3) is 0.560. The van der Waals surface area contributed by atoms with Gasteiger partial charge in [0.2, 0.25) is 23.6 Å². The van der Waals surface area contributed by atoms with E-state index in [2.05, 4.69) is 31.2 Å². The Morgan fingerprint density at radius 1 is 0.632 bits per heavy atom. The van der Waals surface area contributed by atoms with Gasteiger partial charge < -0.3 is 50.5 Å². The van der Waals surface area contributed by atoms with Crippen molar-refractivity contribution in [2.24, 2.45) is 11.8 Å². The number of likely N-dealkylation sites (tertiary alicyclic amines) is 2. The van der Waals surface area contributed by atoms with Crippen LogP contribution in [0.2, 0.25) is 0 Å². The zero-order chi connectivity index (χ0) is 49.7. The number of aromatic nitrogens is 2. The maximum Gasteiger partial charge on any atom is 0.308 e. The largest absolute Gasteiger partial charge is 0.460 e. The predicted molar refractivity (Wildman–Crippen MR) is 254 cm³/mol. The average molecular weight is 947 g/mol. The van der Waals surface area contributed by atoms with Crippen molar-refractivity contribution in [3.8, 4) is 11.4 Å². The highest BCUT2D eigenvalue weighted by Gasteiger charge is 2.43. The van der Waals surface area contributed by atoms with Crippen LogP contribution < -0.4 is 21.3 Å². The molecule has 6 N–H and O–H groups in total. The number of amides is 4. The number of nitrogens with zero attached hydrogens (tertiary/aromatic N) is 2. The van der Waals surface area contributed by atoms with E-state index in [-0.39, 0.29) is 62.4 Å². The summed E-state index contributed by atoms with van der Waals surface area (Å²) < 4.78 is 42.0. The Bertz CT molecular complexity index is 2330. The third kappa shape index (κ3) is 11.3. The molecule has 18 heteroatoms. The van der Waals surface area contributed by atoms with Gasteiger partial charge in [0.1, 0.15) is 35.9 Å². The molecule has 4 aromatic rings. The lowest BCUT2D eigenvalue weighted by molar-refractivity contribution is -0.153. The number of nitrogens with one attached hydrogen (secondary N) is 6. The fourth-order valence-electron chi connectivity index (χ4n) is 9.16. The van der Waals surface area contributed by atoms with Crippen molar-refractivity contribution in [1.82, 2.24) is 41.0 Å². The molecule has 2 aliphatic rings. The molecule has 0 aliphatic carbocycles. The van der Waals surface area contributed by atoms with Crippen LogP contribution >= 0.6 is 0 Å². The second-order valence-electron chi connectivity index (χ2n) is 18.9. The summed E-state index contributed by atoms with van der Waals surface area (Å²) in [5.74, 6) is -4.01. The van der Waals surface area contributed by atoms with Gasteiger partial charge in [0.05, 0.1) is 48.4 Å². The maximum absolute atomic E-state index is 15.1. The quantitative estimate of drug-likeness (QED) is 0.0693. The Kier molecular flexibility index (Phi) is 16.7. The van der Waals surface area contributed by atoms with Crippen molar-refractivity contribution in [3.05, 3.63) is 59.2 Å². The second kappa shape index (κ2) is 22.0. The Balaban J connectivity index is 1.46. The number of carbonyl (C=O) groups is 6. The predicted octanol–water partition coefficient (Wildman–Crippen LogP) is 5.02. The minimum Gasteiger partial charge on any atom is -0.460 e. The number of H-pyrrole nitrogens is 2. The van der Waals surface area contributed by atoms with E-state index in [1.165, 1.54) is 24.3 Å². The van der Waals surface area contributed by atoms with Crippen molar-refractivity contribution >= 4 is 57.4 Å². The number of benzene rings is 2. The summed E-state index contributed by atoms with van der Waals surface area (Å²) in [5, 5.41) is 12.9. The minimum absolute atomic E-state index is 0.0836. The van der Waals surface area contributed by atoms with Gasteiger partial charge in [0.15, 0.2) is 0 Å². The number of carbonyl (C=O) groups excluding carboxylic acids is 6. The van der Waals surface area contributed by atoms with Crippen LogP contribution in [0.3, 0.4) is 0 Å². The molecule has 2 aromatic carbocycles. The number of rotatable bonds is 19. The van der Waals surface area contributed by atoms with Crippen LogP contribution in [0.4, 0.5) is 8.78 Å². The molecule has 2 aliphatic heterocycles. The minimum atomic E-state index is -0.875. The molecule has 16 nitrogen and oxygen atoms in total. The highest BCUT2D eigenvalue weighted by Crippen LogP contribution is 2.40. The lowest BCUT2D eigenvalue weighted by Crippen LogP contribution is -2.53. The van der Waals surface area contributed by atoms with Gasteiger partial charge >= 0.3 is 11.9 Å². The fourth-order valence-corrected chi connectivity index (χ4v) is 9.16. The molecule has 0 unspecified atom stereocenters. The molecule has 2 saturated heterocycles. The molecule has 0 saturated carbocycles. The maximum atomic E-state index is 15.1. The molecule has 370 valence electrons. The van der Waals surface area contributed by atoms with Crippen molar-refractivity contribution < 1.29 is 47.0 Å². The summed E-state index contributed by atoms with van der Waals surface area (Å²) in [4.78, 5) is 91.3. The summed E-state index contributed by atoms with van der Waals surface area (Å²) in [5.41, 5.74) is 3.38. The van der Waals surface area contributed by atoms with Gasteiger partial charge in [-0.1, -0.05) is 41.5 Å². The average Bonchev–Trinajstić information content (AvgIpc) is 4.08. The normalized spacial score (nSPS) is 20.2. The van der Waals surface area contributed by atoms with Crippen LogP contribution in [-0.2, 0) is 51.1 Å². The number of hydrogen-bond acceptors (Lipinski definition) is 10. The SMILES string of the molecule is CC[C@H](NC(=O)[C@H](C)NC)C(=O)N1C[C@@H](OC(=O)C(C)C)C[C@H]1Cc1c(-c2[nH]c3cc(F)ccc3c2C[C@@H]2C[C@H](OC(=O)C(C)C)CN2C(=O)[C@H](CC)NC(=O)[C@H](C)NC)[nH]c2cc(F)ccc12. The molecule has 2 fully saturated rings. The zero-order valence-electron chi connectivity index (χ0n) is 40.8. The van der Waals surface area contributed by atoms with Crippen LogP contribution in [-0.4, -0.2) is 131 Å². The van der Waals surface area contributed by atoms with Crippen LogP contribution in [0.5, 0.6) is 0 Å². The standard InChI is InChI=1S/C50H68F2N8O8/c1-11-39(57-45(61)27(7)53-9)47(63)59-23-33(67-49(65)25(3)4)19-31(59)21-37-35-15-13-29(51)17-41(35)55-43(37)44-38(36-16-14-30(52)18-42(36)56-44)22-32-20-34(68-50(66)26(5)6)24-60(32)48(64)40(12-2)58-46(62)28(8)54-10/h13-18,25-28,31-34,39-40,53-56H,11-12,19-24H2,1-10H3,(H,57,61)(H,58,62)/t27-,28-,31-,32-,33-,34-,39-,40-/m0/s1. The van der Waals surface area contributed by atoms with E-state index in [4.69, 9.17) is 9.47 Å². The van der Waals surface area contributed by atoms with E-state index in [1.807, 2.05) is 0 Å². The molecular formula is C50H68F2N8O8. The van der Waals surface area contributed by atoms with Gasteiger partial charge in [-0.15, -0.1) is 0 Å². The summed E-state index contributed by atoms with van der Waals surface area (Å²) in [6.07, 6.45) is 0.248. The van der Waals surface area contributed by atoms with Crippen molar-refractivity contribution in [3.63, 3.8) is 0 Å². The van der Waals surface area contributed by atoms with E-state index < -0.39 is 83.9 Å². The van der Waals surface area contributed by atoms with E-state index in [0.29, 0.717) is 57.2 Å². The first-order valence-electron chi connectivity index (χ1n) is 23.9. The Labute approximate surface area is 396 Å². The van der Waals surface area contributed by atoms with Gasteiger partial charge in [-0.25, -0.2) is 8.78 Å². The lowest BCUT2D eigenvalue weighted by Gasteiger charge is -2.30. The van der Waals surface area contributed by atoms with Crippen molar-refractivity contribution in [1.29, 1.82) is 0 Å². The van der Waals surface area contributed by atoms with Gasteiger partial charge in [-0.05, 0) is 101 Å². The molecule has 0 spiro atoms. The third-order valence-corrected chi connectivity index (χ3v) is 13.4. The Hall–Kier alpha value is -5.88. The smallest absolute Gasteiger partial charge is 0.308 e. The number of hydrogen-bond donors (Lipinski definition) is 6. The molecule has 6 rings (SSSR count). The first-order valence-corrected chi connectivity index (χ1v) is 23.9. The van der Waals surface area contributed by atoms with Crippen LogP contribution in [0, 0.1) is 23.5 Å². The number of esters is 2. The molecular weight excluding hydrogens is 879 g/mol. The summed E-state index contributed by atoms with van der Waals surface area (Å²) in [7, 11) is 3.30. The van der Waals surface area contributed by atoms with Crippen LogP contribution in [0.25, 0.3) is 33.2 Å². The van der Waals surface area contributed by atoms with Gasteiger partial charge in [-0.2, -0.15) is 0 Å². The number of ether oxygens (including phenoxy) is 2. The number of aromatic amines is 2. The van der Waals surface area contributed by atoms with Crippen molar-refractivity contribution in [2.45, 2.75) is 142 Å². The Morgan fingerprint density at radius 2 is 1.00 bits per heavy atom. The van der Waals surface area contributed by atoms with E-state index >= 15 is 8.78 Å². The molecule has 4 amide bonds. The van der Waals surface area contributed by atoms with Gasteiger partial charge in [0.25, 0.3) is 0 Å². The Morgan fingerprint density at radius 3 is 1.32 bits per heavy atom. The van der Waals surface area contributed by atoms with Gasteiger partial charge in [0, 0.05) is 46.7 Å². The van der Waals surface area contributed by atoms with E-state index in [9.17, 15) is 28.8 Å². The first-order chi connectivity index (χ1) is 32.3. The molecule has 4 heterocycles. The monoisotopic (exact) mass is 947 g/mol. The second-order valence-corrected chi connectivity index (χ2v) is 18.9. The van der Waals surface area contributed by atoms with Crippen LogP contribution in [0.1, 0.15) is 92.2 Å². The third-order valence-electron chi connectivity index (χ3n) is 13.4. The number of fused-ring (bicyclic) bond motifs is 2. The lowest BCUT2D eigenvalue weighted by atomic mass is 9.94. The molecule has 8 atom stereocenters. The molecule has 0 radical (unpaired) electrons.